The lowest BCUT2D eigenvalue weighted by Gasteiger charge is -2.32. The van der Waals surface area contributed by atoms with E-state index >= 15 is 0 Å². The Balaban J connectivity index is 1.22. The predicted molar refractivity (Wildman–Crippen MR) is 146 cm³/mol. The smallest absolute Gasteiger partial charge is 0.240 e. The van der Waals surface area contributed by atoms with E-state index in [1.165, 1.54) is 23.1 Å². The Morgan fingerprint density at radius 3 is 2.69 bits per heavy atom. The van der Waals surface area contributed by atoms with Crippen molar-refractivity contribution in [1.29, 1.82) is 0 Å². The molecule has 11 heteroatoms. The Labute approximate surface area is 222 Å². The number of benzene rings is 2. The fraction of sp³-hybridized carbons (Fsp3) is 0.375. The summed E-state index contributed by atoms with van der Waals surface area (Å²) in [6.07, 6.45) is 1.82. The minimum atomic E-state index is -0.577. The molecule has 2 heterocycles. The third-order valence-electron chi connectivity index (χ3n) is 5.72. The zero-order valence-electron chi connectivity index (χ0n) is 19.2. The van der Waals surface area contributed by atoms with Crippen LogP contribution in [0.4, 0.5) is 5.69 Å². The third-order valence-corrected chi connectivity index (χ3v) is 8.62. The van der Waals surface area contributed by atoms with Gasteiger partial charge in [0.25, 0.3) is 0 Å². The number of amides is 2. The number of halogens is 2. The summed E-state index contributed by atoms with van der Waals surface area (Å²) >= 11 is 15.1. The number of fused-ring (bicyclic) bond motifs is 1. The summed E-state index contributed by atoms with van der Waals surface area (Å²) in [6.45, 7) is 4.29. The van der Waals surface area contributed by atoms with Crippen molar-refractivity contribution in [2.75, 3.05) is 24.2 Å². The minimum Gasteiger partial charge on any atom is -0.353 e. The first-order valence-corrected chi connectivity index (χ1v) is 13.9. The maximum atomic E-state index is 12.5. The fourth-order valence-electron chi connectivity index (χ4n) is 3.83. The number of nitrogens with one attached hydrogen (secondary N) is 2. The van der Waals surface area contributed by atoms with Gasteiger partial charge in [-0.3, -0.25) is 14.5 Å². The van der Waals surface area contributed by atoms with Crippen LogP contribution in [0.15, 0.2) is 40.7 Å². The molecule has 1 fully saturated rings. The number of nitrogens with zero attached hydrogens (tertiary/aromatic N) is 2. The zero-order chi connectivity index (χ0) is 24.9. The molecule has 0 bridgehead atoms. The highest BCUT2D eigenvalue weighted by molar-refractivity contribution is 8.01. The molecule has 0 spiro atoms. The molecule has 2 aromatic carbocycles. The summed E-state index contributed by atoms with van der Waals surface area (Å²) in [5.41, 5.74) is 8.27. The number of hydrogen-bond donors (Lipinski definition) is 3. The second kappa shape index (κ2) is 11.9. The van der Waals surface area contributed by atoms with Crippen LogP contribution < -0.4 is 16.4 Å². The Bertz CT molecular complexity index is 1210. The molecule has 3 aromatic rings. The summed E-state index contributed by atoms with van der Waals surface area (Å²) < 4.78 is 1.77. The number of thiazole rings is 1. The van der Waals surface area contributed by atoms with Crippen molar-refractivity contribution in [1.82, 2.24) is 15.2 Å². The Kier molecular flexibility index (Phi) is 8.91. The van der Waals surface area contributed by atoms with E-state index in [0.29, 0.717) is 21.5 Å². The van der Waals surface area contributed by atoms with Crippen LogP contribution in [-0.2, 0) is 16.1 Å². The molecule has 0 radical (unpaired) electrons. The van der Waals surface area contributed by atoms with E-state index in [9.17, 15) is 9.59 Å². The summed E-state index contributed by atoms with van der Waals surface area (Å²) in [4.78, 5) is 31.3. The normalized spacial score (nSPS) is 15.8. The van der Waals surface area contributed by atoms with Gasteiger partial charge in [0.2, 0.25) is 11.8 Å². The van der Waals surface area contributed by atoms with Gasteiger partial charge in [-0.05, 0) is 55.7 Å². The summed E-state index contributed by atoms with van der Waals surface area (Å²) in [6, 6.07) is 10.9. The number of anilines is 1. The van der Waals surface area contributed by atoms with Crippen LogP contribution in [0.2, 0.25) is 10.0 Å². The Hall–Kier alpha value is -1.88. The maximum absolute atomic E-state index is 12.5. The van der Waals surface area contributed by atoms with Crippen molar-refractivity contribution >= 4 is 74.0 Å². The second-order valence-electron chi connectivity index (χ2n) is 8.60. The molecule has 2 amide bonds. The first kappa shape index (κ1) is 26.2. The zero-order valence-corrected chi connectivity index (χ0v) is 22.4. The van der Waals surface area contributed by atoms with Gasteiger partial charge in [0.05, 0.1) is 32.1 Å². The molecule has 1 atom stereocenters. The first-order valence-electron chi connectivity index (χ1n) is 11.3. The number of rotatable bonds is 8. The van der Waals surface area contributed by atoms with E-state index in [1.807, 2.05) is 30.3 Å². The van der Waals surface area contributed by atoms with Gasteiger partial charge in [0.15, 0.2) is 4.34 Å². The highest BCUT2D eigenvalue weighted by Gasteiger charge is 2.21. The number of hydrogen-bond acceptors (Lipinski definition) is 7. The lowest BCUT2D eigenvalue weighted by Crippen LogP contribution is -2.44. The van der Waals surface area contributed by atoms with E-state index in [1.54, 1.807) is 13.0 Å². The van der Waals surface area contributed by atoms with Crippen molar-refractivity contribution in [3.8, 4) is 0 Å². The van der Waals surface area contributed by atoms with Gasteiger partial charge in [0.1, 0.15) is 0 Å². The van der Waals surface area contributed by atoms with E-state index < -0.39 is 6.04 Å². The van der Waals surface area contributed by atoms with Crippen LogP contribution in [0.5, 0.6) is 0 Å². The molecular weight excluding hydrogens is 525 g/mol. The number of aromatic nitrogens is 1. The standard InChI is InChI=1S/C24H27Cl2N5O2S2/c1-14(27)23(33)29-17-3-5-20-21(11-17)35-24(30-20)34-13-22(32)28-16-6-8-31(9-7-16)12-15-2-4-18(25)19(26)10-15/h2-5,10-11,14,16H,6-9,12-13,27H2,1H3,(H,28,32)(H,29,33). The fourth-order valence-corrected chi connectivity index (χ4v) is 6.07. The number of likely N-dealkylation sites (tertiary alicyclic amines) is 1. The van der Waals surface area contributed by atoms with Crippen molar-refractivity contribution in [3.63, 3.8) is 0 Å². The molecule has 1 saturated heterocycles. The van der Waals surface area contributed by atoms with Crippen LogP contribution in [-0.4, -0.2) is 52.6 Å². The molecule has 4 N–H and O–H groups in total. The van der Waals surface area contributed by atoms with Gasteiger partial charge in [-0.2, -0.15) is 0 Å². The van der Waals surface area contributed by atoms with Gasteiger partial charge in [-0.25, -0.2) is 4.98 Å². The largest absolute Gasteiger partial charge is 0.353 e. The van der Waals surface area contributed by atoms with Crippen LogP contribution in [0, 0.1) is 0 Å². The van der Waals surface area contributed by atoms with Crippen LogP contribution >= 0.6 is 46.3 Å². The molecule has 1 aliphatic heterocycles. The molecule has 1 aromatic heterocycles. The molecule has 0 aliphatic carbocycles. The van der Waals surface area contributed by atoms with Gasteiger partial charge in [-0.1, -0.05) is 41.0 Å². The lowest BCUT2D eigenvalue weighted by atomic mass is 10.0. The predicted octanol–water partition coefficient (Wildman–Crippen LogP) is 4.76. The highest BCUT2D eigenvalue weighted by Crippen LogP contribution is 2.31. The summed E-state index contributed by atoms with van der Waals surface area (Å²) in [5, 5.41) is 7.09. The second-order valence-corrected chi connectivity index (χ2v) is 11.7. The summed E-state index contributed by atoms with van der Waals surface area (Å²) in [7, 11) is 0. The van der Waals surface area contributed by atoms with E-state index in [2.05, 4.69) is 20.5 Å². The molecule has 0 saturated carbocycles. The molecule has 35 heavy (non-hydrogen) atoms. The maximum Gasteiger partial charge on any atom is 0.240 e. The monoisotopic (exact) mass is 551 g/mol. The number of carbonyl (C=O) groups is 2. The van der Waals surface area contributed by atoms with Crippen LogP contribution in [0.3, 0.4) is 0 Å². The average molecular weight is 553 g/mol. The van der Waals surface area contributed by atoms with E-state index in [0.717, 1.165) is 52.6 Å². The molecular formula is C24H27Cl2N5O2S2. The van der Waals surface area contributed by atoms with Gasteiger partial charge >= 0.3 is 0 Å². The van der Waals surface area contributed by atoms with Gasteiger partial charge in [0, 0.05) is 31.4 Å². The number of piperidine rings is 1. The molecule has 7 nitrogen and oxygen atoms in total. The molecule has 4 rings (SSSR count). The topological polar surface area (TPSA) is 100 Å². The molecule has 1 unspecified atom stereocenters. The van der Waals surface area contributed by atoms with E-state index in [4.69, 9.17) is 28.9 Å². The SMILES string of the molecule is CC(N)C(=O)Nc1ccc2nc(SCC(=O)NC3CCN(Cc4ccc(Cl)c(Cl)c4)CC3)sc2c1. The van der Waals surface area contributed by atoms with Gasteiger partial charge < -0.3 is 16.4 Å². The Morgan fingerprint density at radius 1 is 1.20 bits per heavy atom. The van der Waals surface area contributed by atoms with Crippen LogP contribution in [0.25, 0.3) is 10.2 Å². The van der Waals surface area contributed by atoms with Crippen LogP contribution in [0.1, 0.15) is 25.3 Å². The average Bonchev–Trinajstić information content (AvgIpc) is 3.23. The number of thioether (sulfide) groups is 1. The van der Waals surface area contributed by atoms with Crippen molar-refractivity contribution in [3.05, 3.63) is 52.0 Å². The van der Waals surface area contributed by atoms with E-state index in [-0.39, 0.29) is 17.9 Å². The molecule has 186 valence electrons. The number of carbonyl (C=O) groups excluding carboxylic acids is 2. The van der Waals surface area contributed by atoms with Crippen molar-refractivity contribution in [2.24, 2.45) is 5.73 Å². The van der Waals surface area contributed by atoms with Crippen molar-refractivity contribution in [2.45, 2.75) is 42.7 Å². The summed E-state index contributed by atoms with van der Waals surface area (Å²) in [5.74, 6) is 0.0971. The highest BCUT2D eigenvalue weighted by atomic mass is 35.5. The number of nitrogens with two attached hydrogens (primary N) is 1. The first-order chi connectivity index (χ1) is 16.8. The quantitative estimate of drug-likeness (QED) is 0.349. The lowest BCUT2D eigenvalue weighted by molar-refractivity contribution is -0.119. The Morgan fingerprint density at radius 2 is 1.97 bits per heavy atom. The minimum absolute atomic E-state index is 0.0158. The van der Waals surface area contributed by atoms with Gasteiger partial charge in [-0.15, -0.1) is 11.3 Å². The van der Waals surface area contributed by atoms with Crippen molar-refractivity contribution < 1.29 is 9.59 Å². The molecule has 1 aliphatic rings. The third kappa shape index (κ3) is 7.31.